The van der Waals surface area contributed by atoms with E-state index in [1.807, 2.05) is 12.1 Å². The molecule has 2 N–H and O–H groups in total. The van der Waals surface area contributed by atoms with Crippen LogP contribution in [0.3, 0.4) is 0 Å². The number of carbonyl (C=O) groups excluding carboxylic acids is 1. The summed E-state index contributed by atoms with van der Waals surface area (Å²) < 4.78 is 20.5. The van der Waals surface area contributed by atoms with E-state index in [9.17, 15) is 9.59 Å². The quantitative estimate of drug-likeness (QED) is 0.405. The highest BCUT2D eigenvalue weighted by Gasteiger charge is 2.28. The molecule has 1 atom stereocenters. The van der Waals surface area contributed by atoms with E-state index in [1.54, 1.807) is 56.6 Å². The highest BCUT2D eigenvalue weighted by atomic mass is 16.6. The van der Waals surface area contributed by atoms with Gasteiger partial charge in [0.2, 0.25) is 5.91 Å². The zero-order valence-corrected chi connectivity index (χ0v) is 20.7. The topological polar surface area (TPSA) is 114 Å². The lowest BCUT2D eigenvalue weighted by Gasteiger charge is -2.32. The number of aromatic nitrogens is 3. The Morgan fingerprint density at radius 2 is 1.84 bits per heavy atom. The first-order valence-electron chi connectivity index (χ1n) is 12.5. The molecule has 2 aliphatic heterocycles. The summed E-state index contributed by atoms with van der Waals surface area (Å²) >= 11 is 0. The van der Waals surface area contributed by atoms with E-state index in [-0.39, 0.29) is 23.5 Å². The zero-order chi connectivity index (χ0) is 26.2. The number of anilines is 1. The Kier molecular flexibility index (Phi) is 5.99. The SMILES string of the molecule is C=CC(=O)N1CCC[C@@H](n2c(=O)n(-c3ccc(Oc4ccc5c(c4)OCCO5)cc3)c3c(N)nccc32)C1. The number of rotatable bonds is 5. The molecule has 2 aromatic heterocycles. The van der Waals surface area contributed by atoms with Crippen LogP contribution in [0.15, 0.2) is 72.2 Å². The van der Waals surface area contributed by atoms with Crippen LogP contribution >= 0.6 is 0 Å². The molecule has 10 nitrogen and oxygen atoms in total. The van der Waals surface area contributed by atoms with Crippen molar-refractivity contribution in [2.45, 2.75) is 18.9 Å². The van der Waals surface area contributed by atoms with Crippen LogP contribution in [0.25, 0.3) is 16.7 Å². The molecule has 6 rings (SSSR count). The van der Waals surface area contributed by atoms with Crippen molar-refractivity contribution >= 4 is 22.8 Å². The van der Waals surface area contributed by atoms with E-state index in [1.165, 1.54) is 6.08 Å². The molecule has 4 heterocycles. The molecule has 0 aliphatic carbocycles. The molecule has 0 bridgehead atoms. The van der Waals surface area contributed by atoms with Gasteiger partial charge in [-0.05, 0) is 61.4 Å². The van der Waals surface area contributed by atoms with E-state index in [0.29, 0.717) is 66.0 Å². The minimum Gasteiger partial charge on any atom is -0.486 e. The van der Waals surface area contributed by atoms with Gasteiger partial charge in [-0.2, -0.15) is 0 Å². The van der Waals surface area contributed by atoms with Crippen LogP contribution in [0.5, 0.6) is 23.0 Å². The van der Waals surface area contributed by atoms with Crippen molar-refractivity contribution in [3.63, 3.8) is 0 Å². The fourth-order valence-corrected chi connectivity index (χ4v) is 5.16. The standard InChI is InChI=1S/C28H27N5O5/c1-2-25(34)31-13-3-4-19(17-31)32-22-11-12-30-27(29)26(22)33(28(32)35)18-5-7-20(8-6-18)38-21-9-10-23-24(16-21)37-15-14-36-23/h2,5-12,16,19H,1,3-4,13-15,17H2,(H2,29,30)/t19-/m1/s1. The summed E-state index contributed by atoms with van der Waals surface area (Å²) in [4.78, 5) is 32.1. The number of hydrogen-bond acceptors (Lipinski definition) is 7. The summed E-state index contributed by atoms with van der Waals surface area (Å²) in [6.45, 7) is 5.68. The van der Waals surface area contributed by atoms with Gasteiger partial charge < -0.3 is 24.8 Å². The van der Waals surface area contributed by atoms with Crippen molar-refractivity contribution in [1.29, 1.82) is 0 Å². The number of carbonyl (C=O) groups is 1. The number of hydrogen-bond donors (Lipinski definition) is 1. The predicted octanol–water partition coefficient (Wildman–Crippen LogP) is 3.68. The van der Waals surface area contributed by atoms with Gasteiger partial charge in [-0.1, -0.05) is 6.58 Å². The molecule has 2 aromatic carbocycles. The third kappa shape index (κ3) is 4.13. The maximum Gasteiger partial charge on any atom is 0.334 e. The second-order valence-corrected chi connectivity index (χ2v) is 9.24. The number of imidazole rings is 1. The Morgan fingerprint density at radius 3 is 2.63 bits per heavy atom. The van der Waals surface area contributed by atoms with Gasteiger partial charge in [0.1, 0.15) is 36.0 Å². The molecule has 0 spiro atoms. The Bertz CT molecular complexity index is 1590. The number of benzene rings is 2. The van der Waals surface area contributed by atoms with Crippen LogP contribution in [0.1, 0.15) is 18.9 Å². The molecule has 0 radical (unpaired) electrons. The Balaban J connectivity index is 1.34. The van der Waals surface area contributed by atoms with Gasteiger partial charge in [0, 0.05) is 25.4 Å². The van der Waals surface area contributed by atoms with Crippen LogP contribution in [0.2, 0.25) is 0 Å². The van der Waals surface area contributed by atoms with Crippen LogP contribution in [-0.2, 0) is 4.79 Å². The number of amides is 1. The fraction of sp³-hybridized carbons (Fsp3) is 0.250. The molecular weight excluding hydrogens is 486 g/mol. The maximum absolute atomic E-state index is 13.9. The first kappa shape index (κ1) is 23.7. The minimum absolute atomic E-state index is 0.138. The van der Waals surface area contributed by atoms with Crippen LogP contribution in [0, 0.1) is 0 Å². The van der Waals surface area contributed by atoms with Crippen molar-refractivity contribution in [2.24, 2.45) is 0 Å². The smallest absolute Gasteiger partial charge is 0.334 e. The molecule has 194 valence electrons. The minimum atomic E-state index is -0.238. The predicted molar refractivity (Wildman–Crippen MR) is 142 cm³/mol. The lowest BCUT2D eigenvalue weighted by molar-refractivity contribution is -0.127. The number of ether oxygens (including phenoxy) is 3. The molecule has 1 amide bonds. The van der Waals surface area contributed by atoms with E-state index < -0.39 is 0 Å². The van der Waals surface area contributed by atoms with Crippen molar-refractivity contribution in [1.82, 2.24) is 19.0 Å². The number of nitrogens with zero attached hydrogens (tertiary/aromatic N) is 4. The first-order valence-corrected chi connectivity index (χ1v) is 12.5. The summed E-state index contributed by atoms with van der Waals surface area (Å²) in [5.74, 6) is 2.66. The summed E-state index contributed by atoms with van der Waals surface area (Å²) in [6.07, 6.45) is 4.46. The largest absolute Gasteiger partial charge is 0.486 e. The monoisotopic (exact) mass is 513 g/mol. The first-order chi connectivity index (χ1) is 18.5. The lowest BCUT2D eigenvalue weighted by atomic mass is 10.1. The van der Waals surface area contributed by atoms with Gasteiger partial charge in [-0.15, -0.1) is 0 Å². The number of nitrogens with two attached hydrogens (primary N) is 1. The van der Waals surface area contributed by atoms with Gasteiger partial charge in [0.25, 0.3) is 0 Å². The van der Waals surface area contributed by atoms with Crippen molar-refractivity contribution in [3.05, 3.63) is 77.9 Å². The molecule has 4 aromatic rings. The van der Waals surface area contributed by atoms with Gasteiger partial charge >= 0.3 is 5.69 Å². The average molecular weight is 514 g/mol. The highest BCUT2D eigenvalue weighted by molar-refractivity contribution is 5.88. The number of pyridine rings is 1. The van der Waals surface area contributed by atoms with Crippen molar-refractivity contribution in [2.75, 3.05) is 32.0 Å². The maximum atomic E-state index is 13.9. The van der Waals surface area contributed by atoms with E-state index in [0.717, 1.165) is 12.8 Å². The number of piperidine rings is 1. The van der Waals surface area contributed by atoms with E-state index in [2.05, 4.69) is 11.6 Å². The van der Waals surface area contributed by atoms with Crippen LogP contribution < -0.4 is 25.6 Å². The van der Waals surface area contributed by atoms with Crippen molar-refractivity contribution in [3.8, 4) is 28.7 Å². The van der Waals surface area contributed by atoms with Crippen molar-refractivity contribution < 1.29 is 19.0 Å². The van der Waals surface area contributed by atoms with Gasteiger partial charge in [-0.25, -0.2) is 9.78 Å². The summed E-state index contributed by atoms with van der Waals surface area (Å²) in [5.41, 5.74) is 7.88. The van der Waals surface area contributed by atoms with Crippen LogP contribution in [-0.4, -0.2) is 51.2 Å². The zero-order valence-electron chi connectivity index (χ0n) is 20.7. The van der Waals surface area contributed by atoms with Gasteiger partial charge in [0.05, 0.1) is 17.2 Å². The number of likely N-dealkylation sites (tertiary alicyclic amines) is 1. The lowest BCUT2D eigenvalue weighted by Crippen LogP contribution is -2.42. The number of fused-ring (bicyclic) bond motifs is 2. The van der Waals surface area contributed by atoms with E-state index >= 15 is 0 Å². The molecule has 0 unspecified atom stereocenters. The molecule has 2 aliphatic rings. The highest BCUT2D eigenvalue weighted by Crippen LogP contribution is 2.35. The number of nitrogen functional groups attached to an aromatic ring is 1. The molecule has 0 saturated carbocycles. The molecule has 38 heavy (non-hydrogen) atoms. The average Bonchev–Trinajstić information content (AvgIpc) is 3.26. The van der Waals surface area contributed by atoms with E-state index in [4.69, 9.17) is 19.9 Å². The Labute approximate surface area is 218 Å². The van der Waals surface area contributed by atoms with Crippen LogP contribution in [0.4, 0.5) is 5.82 Å². The second-order valence-electron chi connectivity index (χ2n) is 9.24. The van der Waals surface area contributed by atoms with Gasteiger partial charge in [0.15, 0.2) is 11.5 Å². The summed E-state index contributed by atoms with van der Waals surface area (Å²) in [5, 5.41) is 0. The molecule has 10 heteroatoms. The van der Waals surface area contributed by atoms with Gasteiger partial charge in [-0.3, -0.25) is 13.9 Å². The third-order valence-electron chi connectivity index (χ3n) is 6.90. The third-order valence-corrected chi connectivity index (χ3v) is 6.90. The Hall–Kier alpha value is -4.73. The summed E-state index contributed by atoms with van der Waals surface area (Å²) in [6, 6.07) is 14.2. The summed E-state index contributed by atoms with van der Waals surface area (Å²) in [7, 11) is 0. The molecular formula is C28H27N5O5. The normalized spacial score (nSPS) is 16.8. The molecule has 1 fully saturated rings. The Morgan fingerprint density at radius 1 is 1.08 bits per heavy atom. The molecule has 1 saturated heterocycles. The second kappa shape index (κ2) is 9.62. The fourth-order valence-electron chi connectivity index (χ4n) is 5.16.